The summed E-state index contributed by atoms with van der Waals surface area (Å²) in [6, 6.07) is 2.65. The first-order valence-electron chi connectivity index (χ1n) is 5.61. The second-order valence-corrected chi connectivity index (χ2v) is 4.34. The summed E-state index contributed by atoms with van der Waals surface area (Å²) in [5.41, 5.74) is 0.0653. The molecule has 1 aromatic rings. The van der Waals surface area contributed by atoms with E-state index in [1.807, 2.05) is 0 Å². The van der Waals surface area contributed by atoms with Crippen LogP contribution >= 0.6 is 0 Å². The van der Waals surface area contributed by atoms with Crippen LogP contribution in [0.3, 0.4) is 0 Å². The molecule has 2 atom stereocenters. The third kappa shape index (κ3) is 2.34. The van der Waals surface area contributed by atoms with Crippen LogP contribution in [0.5, 0.6) is 0 Å². The van der Waals surface area contributed by atoms with Gasteiger partial charge < -0.3 is 15.3 Å². The number of β-amino-alcohol motifs (C(OH)–C–C–N with tert-alkyl or cyclic N) is 1. The minimum absolute atomic E-state index is 0.0653. The molecule has 0 aliphatic carbocycles. The molecule has 1 aliphatic heterocycles. The summed E-state index contributed by atoms with van der Waals surface area (Å²) in [4.78, 5) is 13.4. The van der Waals surface area contributed by atoms with Gasteiger partial charge in [0.25, 0.3) is 5.91 Å². The summed E-state index contributed by atoms with van der Waals surface area (Å²) in [6.07, 6.45) is -0.649. The maximum atomic E-state index is 13.0. The summed E-state index contributed by atoms with van der Waals surface area (Å²) in [7, 11) is 1.53. The normalized spacial score (nSPS) is 23.1. The highest BCUT2D eigenvalue weighted by atomic mass is 19.2. The smallest absolute Gasteiger partial charge is 0.254 e. The summed E-state index contributed by atoms with van der Waals surface area (Å²) < 4.78 is 25.8. The minimum atomic E-state index is -1.06. The third-order valence-corrected chi connectivity index (χ3v) is 3.14. The lowest BCUT2D eigenvalue weighted by Crippen LogP contribution is -2.44. The Hall–Kier alpha value is -1.53. The van der Waals surface area contributed by atoms with E-state index in [0.29, 0.717) is 13.1 Å². The van der Waals surface area contributed by atoms with E-state index < -0.39 is 23.6 Å². The second-order valence-electron chi connectivity index (χ2n) is 4.34. The lowest BCUT2D eigenvalue weighted by molar-refractivity contribution is 0.0580. The number of halogens is 2. The van der Waals surface area contributed by atoms with Gasteiger partial charge in [-0.2, -0.15) is 0 Å². The van der Waals surface area contributed by atoms with Crippen molar-refractivity contribution >= 4 is 5.91 Å². The summed E-state index contributed by atoms with van der Waals surface area (Å²) in [5, 5.41) is 12.6. The van der Waals surface area contributed by atoms with Crippen molar-refractivity contribution in [2.24, 2.45) is 0 Å². The molecule has 1 saturated heterocycles. The van der Waals surface area contributed by atoms with Crippen LogP contribution in [0.1, 0.15) is 10.4 Å². The van der Waals surface area contributed by atoms with Crippen molar-refractivity contribution in [1.29, 1.82) is 0 Å². The van der Waals surface area contributed by atoms with Gasteiger partial charge >= 0.3 is 0 Å². The number of nitrogens with one attached hydrogen (secondary N) is 1. The van der Waals surface area contributed by atoms with Crippen molar-refractivity contribution in [2.75, 3.05) is 20.1 Å². The van der Waals surface area contributed by atoms with Gasteiger partial charge in [-0.25, -0.2) is 8.78 Å². The van der Waals surface area contributed by atoms with Crippen LogP contribution in [0.15, 0.2) is 18.2 Å². The molecule has 98 valence electrons. The molecule has 0 unspecified atom stereocenters. The number of carbonyl (C=O) groups is 1. The standard InChI is InChI=1S/C12H14F2N2O2/c1-16(10-5-15-6-11(10)17)12(18)7-2-3-8(13)9(14)4-7/h2-4,10-11,15,17H,5-6H2,1H3/t10-,11-/m0/s1. The Morgan fingerprint density at radius 3 is 2.67 bits per heavy atom. The zero-order valence-corrected chi connectivity index (χ0v) is 9.86. The molecule has 0 radical (unpaired) electrons. The zero-order valence-electron chi connectivity index (χ0n) is 9.86. The number of aliphatic hydroxyl groups excluding tert-OH is 1. The average molecular weight is 256 g/mol. The SMILES string of the molecule is CN(C(=O)c1ccc(F)c(F)c1)[C@H]1CNC[C@@H]1O. The first-order valence-corrected chi connectivity index (χ1v) is 5.61. The number of rotatable bonds is 2. The fraction of sp³-hybridized carbons (Fsp3) is 0.417. The predicted octanol–water partition coefficient (Wildman–Crippen LogP) is 0.369. The molecule has 2 rings (SSSR count). The molecule has 1 aromatic carbocycles. The van der Waals surface area contributed by atoms with Crippen LogP contribution in [-0.4, -0.2) is 48.2 Å². The highest BCUT2D eigenvalue weighted by molar-refractivity contribution is 5.94. The monoisotopic (exact) mass is 256 g/mol. The number of benzene rings is 1. The minimum Gasteiger partial charge on any atom is -0.390 e. The number of likely N-dealkylation sites (N-methyl/N-ethyl adjacent to an activating group) is 1. The fourth-order valence-electron chi connectivity index (χ4n) is 2.03. The molecular weight excluding hydrogens is 242 g/mol. The number of hydrogen-bond donors (Lipinski definition) is 2. The number of aliphatic hydroxyl groups is 1. The first kappa shape index (κ1) is 12.9. The molecule has 18 heavy (non-hydrogen) atoms. The number of hydrogen-bond acceptors (Lipinski definition) is 3. The molecule has 1 aliphatic rings. The van der Waals surface area contributed by atoms with E-state index in [1.54, 1.807) is 0 Å². The Morgan fingerprint density at radius 2 is 2.11 bits per heavy atom. The molecular formula is C12H14F2N2O2. The highest BCUT2D eigenvalue weighted by Gasteiger charge is 2.31. The van der Waals surface area contributed by atoms with Crippen LogP contribution in [0, 0.1) is 11.6 Å². The summed E-state index contributed by atoms with van der Waals surface area (Å²) >= 11 is 0. The van der Waals surface area contributed by atoms with E-state index in [0.717, 1.165) is 12.1 Å². The van der Waals surface area contributed by atoms with Crippen LogP contribution in [0.4, 0.5) is 8.78 Å². The largest absolute Gasteiger partial charge is 0.390 e. The topological polar surface area (TPSA) is 52.6 Å². The maximum absolute atomic E-state index is 13.0. The molecule has 1 fully saturated rings. The Balaban J connectivity index is 2.17. The Bertz CT molecular complexity index is 467. The van der Waals surface area contributed by atoms with E-state index in [2.05, 4.69) is 5.32 Å². The van der Waals surface area contributed by atoms with Gasteiger partial charge in [-0.15, -0.1) is 0 Å². The van der Waals surface area contributed by atoms with Gasteiger partial charge in [0.2, 0.25) is 0 Å². The number of nitrogens with zero attached hydrogens (tertiary/aromatic N) is 1. The first-order chi connectivity index (χ1) is 8.50. The number of carbonyl (C=O) groups excluding carboxylic acids is 1. The van der Waals surface area contributed by atoms with Gasteiger partial charge in [0, 0.05) is 25.7 Å². The molecule has 0 bridgehead atoms. The van der Waals surface area contributed by atoms with E-state index in [-0.39, 0.29) is 11.6 Å². The van der Waals surface area contributed by atoms with E-state index in [9.17, 15) is 18.7 Å². The Kier molecular flexibility index (Phi) is 3.58. The Morgan fingerprint density at radius 1 is 1.39 bits per heavy atom. The van der Waals surface area contributed by atoms with E-state index in [1.165, 1.54) is 18.0 Å². The molecule has 0 saturated carbocycles. The lowest BCUT2D eigenvalue weighted by Gasteiger charge is -2.26. The van der Waals surface area contributed by atoms with Gasteiger partial charge in [-0.3, -0.25) is 4.79 Å². The maximum Gasteiger partial charge on any atom is 0.254 e. The van der Waals surface area contributed by atoms with Crippen LogP contribution in [0.2, 0.25) is 0 Å². The average Bonchev–Trinajstić information content (AvgIpc) is 2.77. The van der Waals surface area contributed by atoms with Gasteiger partial charge in [0.1, 0.15) is 0 Å². The molecule has 1 heterocycles. The van der Waals surface area contributed by atoms with Gasteiger partial charge in [0.15, 0.2) is 11.6 Å². The van der Waals surface area contributed by atoms with E-state index in [4.69, 9.17) is 0 Å². The summed E-state index contributed by atoms with van der Waals surface area (Å²) in [5.74, 6) is -2.49. The quantitative estimate of drug-likeness (QED) is 0.804. The van der Waals surface area contributed by atoms with Gasteiger partial charge in [0.05, 0.1) is 12.1 Å². The molecule has 1 amide bonds. The Labute approximate surface area is 103 Å². The highest BCUT2D eigenvalue weighted by Crippen LogP contribution is 2.14. The zero-order chi connectivity index (χ0) is 13.3. The van der Waals surface area contributed by atoms with Crippen LogP contribution in [0.25, 0.3) is 0 Å². The van der Waals surface area contributed by atoms with Crippen molar-refractivity contribution in [3.05, 3.63) is 35.4 Å². The molecule has 2 N–H and O–H groups in total. The fourth-order valence-corrected chi connectivity index (χ4v) is 2.03. The molecule has 0 spiro atoms. The molecule has 4 nitrogen and oxygen atoms in total. The predicted molar refractivity (Wildman–Crippen MR) is 61.1 cm³/mol. The van der Waals surface area contributed by atoms with Crippen molar-refractivity contribution < 1.29 is 18.7 Å². The molecule has 0 aromatic heterocycles. The third-order valence-electron chi connectivity index (χ3n) is 3.14. The van der Waals surface area contributed by atoms with Crippen molar-refractivity contribution in [3.63, 3.8) is 0 Å². The van der Waals surface area contributed by atoms with Crippen molar-refractivity contribution in [2.45, 2.75) is 12.1 Å². The number of amides is 1. The summed E-state index contributed by atoms with van der Waals surface area (Å²) in [6.45, 7) is 0.896. The van der Waals surface area contributed by atoms with Crippen LogP contribution < -0.4 is 5.32 Å². The second kappa shape index (κ2) is 4.99. The van der Waals surface area contributed by atoms with Gasteiger partial charge in [-0.1, -0.05) is 0 Å². The van der Waals surface area contributed by atoms with Gasteiger partial charge in [-0.05, 0) is 18.2 Å². The van der Waals surface area contributed by atoms with E-state index >= 15 is 0 Å². The van der Waals surface area contributed by atoms with Crippen molar-refractivity contribution in [3.8, 4) is 0 Å². The van der Waals surface area contributed by atoms with Crippen molar-refractivity contribution in [1.82, 2.24) is 10.2 Å². The molecule has 6 heteroatoms. The lowest BCUT2D eigenvalue weighted by atomic mass is 10.1. The van der Waals surface area contributed by atoms with Crippen LogP contribution in [-0.2, 0) is 0 Å².